The fraction of sp³-hybridized carbons (Fsp3) is 0.316. The van der Waals surface area contributed by atoms with Crippen molar-refractivity contribution in [2.75, 3.05) is 25.0 Å². The Morgan fingerprint density at radius 3 is 2.88 bits per heavy atom. The average molecular weight is 348 g/mol. The number of likely N-dealkylation sites (N-methyl/N-ethyl adjacent to an activating group) is 1. The highest BCUT2D eigenvalue weighted by Crippen LogP contribution is 2.25. The molecule has 2 aliphatic rings. The molecule has 0 spiro atoms. The molecule has 0 saturated carbocycles. The second-order valence-electron chi connectivity index (χ2n) is 6.93. The number of hydrogen-bond donors (Lipinski definition) is 1. The molecule has 2 fully saturated rings. The molecule has 0 bridgehead atoms. The van der Waals surface area contributed by atoms with Gasteiger partial charge in [-0.25, -0.2) is 14.8 Å². The molecule has 5 rings (SSSR count). The Balaban J connectivity index is 1.45. The van der Waals surface area contributed by atoms with E-state index < -0.39 is 0 Å². The van der Waals surface area contributed by atoms with E-state index in [9.17, 15) is 4.79 Å². The molecule has 3 aromatic rings. The van der Waals surface area contributed by atoms with E-state index in [4.69, 9.17) is 4.98 Å². The van der Waals surface area contributed by atoms with Gasteiger partial charge in [0, 0.05) is 20.1 Å². The molecule has 7 nitrogen and oxygen atoms in total. The fourth-order valence-electron chi connectivity index (χ4n) is 4.03. The lowest BCUT2D eigenvalue weighted by atomic mass is 10.0. The molecular formula is C19H20N6O. The SMILES string of the molecule is CN1C(=O)N[C@@H]2CN(c3cccc(-n4cnc5ccccc54)n3)CC[C@@H]21. The van der Waals surface area contributed by atoms with Crippen molar-refractivity contribution in [1.82, 2.24) is 24.8 Å². The molecule has 0 unspecified atom stereocenters. The summed E-state index contributed by atoms with van der Waals surface area (Å²) in [5.41, 5.74) is 2.00. The Kier molecular flexibility index (Phi) is 3.34. The van der Waals surface area contributed by atoms with Gasteiger partial charge in [-0.2, -0.15) is 0 Å². The summed E-state index contributed by atoms with van der Waals surface area (Å²) in [7, 11) is 1.87. The third kappa shape index (κ3) is 2.31. The van der Waals surface area contributed by atoms with Crippen molar-refractivity contribution < 1.29 is 4.79 Å². The molecule has 2 aromatic heterocycles. The number of nitrogens with zero attached hydrogens (tertiary/aromatic N) is 5. The maximum atomic E-state index is 11.9. The Morgan fingerprint density at radius 2 is 1.96 bits per heavy atom. The van der Waals surface area contributed by atoms with Gasteiger partial charge < -0.3 is 15.1 Å². The third-order valence-corrected chi connectivity index (χ3v) is 5.45. The van der Waals surface area contributed by atoms with Crippen molar-refractivity contribution >= 4 is 22.9 Å². The number of carbonyl (C=O) groups is 1. The van der Waals surface area contributed by atoms with Crippen molar-refractivity contribution in [3.05, 3.63) is 48.8 Å². The zero-order chi connectivity index (χ0) is 17.7. The molecule has 26 heavy (non-hydrogen) atoms. The molecule has 1 N–H and O–H groups in total. The van der Waals surface area contributed by atoms with E-state index in [0.717, 1.165) is 42.2 Å². The Labute approximate surface area is 151 Å². The number of fused-ring (bicyclic) bond motifs is 2. The van der Waals surface area contributed by atoms with E-state index in [1.165, 1.54) is 0 Å². The summed E-state index contributed by atoms with van der Waals surface area (Å²) in [5.74, 6) is 1.79. The van der Waals surface area contributed by atoms with Crippen LogP contribution in [0.25, 0.3) is 16.9 Å². The summed E-state index contributed by atoms with van der Waals surface area (Å²) in [6.45, 7) is 1.67. The minimum absolute atomic E-state index is 0.0217. The van der Waals surface area contributed by atoms with E-state index >= 15 is 0 Å². The van der Waals surface area contributed by atoms with Crippen molar-refractivity contribution in [3.63, 3.8) is 0 Å². The van der Waals surface area contributed by atoms with E-state index in [0.29, 0.717) is 0 Å². The summed E-state index contributed by atoms with van der Waals surface area (Å²) in [4.78, 5) is 25.3. The fourth-order valence-corrected chi connectivity index (χ4v) is 4.03. The number of piperidine rings is 1. The molecule has 4 heterocycles. The minimum atomic E-state index is 0.0217. The van der Waals surface area contributed by atoms with Gasteiger partial charge in [-0.15, -0.1) is 0 Å². The van der Waals surface area contributed by atoms with E-state index in [-0.39, 0.29) is 18.1 Å². The van der Waals surface area contributed by atoms with Crippen LogP contribution in [0.4, 0.5) is 10.6 Å². The van der Waals surface area contributed by atoms with Crippen LogP contribution >= 0.6 is 0 Å². The normalized spacial score (nSPS) is 22.6. The van der Waals surface area contributed by atoms with Crippen molar-refractivity contribution in [3.8, 4) is 5.82 Å². The number of aromatic nitrogens is 3. The summed E-state index contributed by atoms with van der Waals surface area (Å²) in [6, 6.07) is 14.5. The molecule has 2 saturated heterocycles. The molecule has 7 heteroatoms. The van der Waals surface area contributed by atoms with Crippen LogP contribution in [0, 0.1) is 0 Å². The summed E-state index contributed by atoms with van der Waals surface area (Å²) < 4.78 is 2.01. The third-order valence-electron chi connectivity index (χ3n) is 5.45. The van der Waals surface area contributed by atoms with Crippen LogP contribution in [-0.4, -0.2) is 57.7 Å². The largest absolute Gasteiger partial charge is 0.354 e. The first-order valence-electron chi connectivity index (χ1n) is 8.88. The van der Waals surface area contributed by atoms with Crippen molar-refractivity contribution in [1.29, 1.82) is 0 Å². The van der Waals surface area contributed by atoms with Gasteiger partial charge >= 0.3 is 6.03 Å². The first-order chi connectivity index (χ1) is 12.7. The lowest BCUT2D eigenvalue weighted by Gasteiger charge is -2.36. The number of nitrogens with one attached hydrogen (secondary N) is 1. The van der Waals surface area contributed by atoms with Gasteiger partial charge in [0.1, 0.15) is 18.0 Å². The highest BCUT2D eigenvalue weighted by atomic mass is 16.2. The zero-order valence-corrected chi connectivity index (χ0v) is 14.5. The van der Waals surface area contributed by atoms with Gasteiger partial charge in [0.05, 0.1) is 23.1 Å². The van der Waals surface area contributed by atoms with E-state index in [2.05, 4.69) is 15.2 Å². The van der Waals surface area contributed by atoms with Crippen LogP contribution in [0.5, 0.6) is 0 Å². The quantitative estimate of drug-likeness (QED) is 0.769. The highest BCUT2D eigenvalue weighted by molar-refractivity contribution is 5.78. The van der Waals surface area contributed by atoms with Gasteiger partial charge in [0.2, 0.25) is 0 Å². The van der Waals surface area contributed by atoms with Gasteiger partial charge in [-0.05, 0) is 30.7 Å². The van der Waals surface area contributed by atoms with E-state index in [1.54, 1.807) is 0 Å². The highest BCUT2D eigenvalue weighted by Gasteiger charge is 2.40. The zero-order valence-electron chi connectivity index (χ0n) is 14.5. The maximum absolute atomic E-state index is 11.9. The van der Waals surface area contributed by atoms with Crippen LogP contribution in [0.15, 0.2) is 48.8 Å². The van der Waals surface area contributed by atoms with Crippen LogP contribution in [-0.2, 0) is 0 Å². The summed E-state index contributed by atoms with van der Waals surface area (Å²) >= 11 is 0. The molecular weight excluding hydrogens is 328 g/mol. The number of rotatable bonds is 2. The van der Waals surface area contributed by atoms with Gasteiger partial charge in [-0.1, -0.05) is 18.2 Å². The molecule has 2 amide bonds. The Hall–Kier alpha value is -3.09. The topological polar surface area (TPSA) is 66.3 Å². The second kappa shape index (κ2) is 5.72. The number of anilines is 1. The first-order valence-corrected chi connectivity index (χ1v) is 8.88. The molecule has 0 aliphatic carbocycles. The predicted molar refractivity (Wildman–Crippen MR) is 99.6 cm³/mol. The lowest BCUT2D eigenvalue weighted by molar-refractivity contribution is 0.212. The summed E-state index contributed by atoms with van der Waals surface area (Å²) in [5, 5.41) is 3.07. The number of imidazole rings is 1. The molecule has 0 radical (unpaired) electrons. The number of amides is 2. The number of carbonyl (C=O) groups excluding carboxylic acids is 1. The number of hydrogen-bond acceptors (Lipinski definition) is 4. The molecule has 2 atom stereocenters. The van der Waals surface area contributed by atoms with Crippen LogP contribution in [0.1, 0.15) is 6.42 Å². The van der Waals surface area contributed by atoms with Gasteiger partial charge in [0.15, 0.2) is 0 Å². The number of benzene rings is 1. The lowest BCUT2D eigenvalue weighted by Crippen LogP contribution is -2.51. The standard InChI is InChI=1S/C19H20N6O/c1-23-15-9-10-24(11-14(15)21-19(23)26)17-7-4-8-18(22-17)25-12-20-13-5-2-3-6-16(13)25/h2-8,12,14-15H,9-11H2,1H3,(H,21,26)/t14-,15+/m1/s1. The first kappa shape index (κ1) is 15.2. The second-order valence-corrected chi connectivity index (χ2v) is 6.93. The van der Waals surface area contributed by atoms with Gasteiger partial charge in [-0.3, -0.25) is 4.57 Å². The molecule has 2 aliphatic heterocycles. The Morgan fingerprint density at radius 1 is 1.12 bits per heavy atom. The smallest absolute Gasteiger partial charge is 0.317 e. The Bertz CT molecular complexity index is 983. The van der Waals surface area contributed by atoms with Gasteiger partial charge in [0.25, 0.3) is 0 Å². The summed E-state index contributed by atoms with van der Waals surface area (Å²) in [6.07, 6.45) is 2.76. The molecule has 132 valence electrons. The minimum Gasteiger partial charge on any atom is -0.354 e. The van der Waals surface area contributed by atoms with Crippen LogP contribution < -0.4 is 10.2 Å². The monoisotopic (exact) mass is 348 g/mol. The van der Waals surface area contributed by atoms with Crippen LogP contribution in [0.3, 0.4) is 0 Å². The van der Waals surface area contributed by atoms with Crippen molar-refractivity contribution in [2.45, 2.75) is 18.5 Å². The number of urea groups is 1. The van der Waals surface area contributed by atoms with Crippen molar-refractivity contribution in [2.24, 2.45) is 0 Å². The molecule has 1 aromatic carbocycles. The maximum Gasteiger partial charge on any atom is 0.317 e. The predicted octanol–water partition coefficient (Wildman–Crippen LogP) is 2.02. The number of para-hydroxylation sites is 2. The number of pyridine rings is 1. The van der Waals surface area contributed by atoms with E-state index in [1.807, 2.05) is 65.3 Å². The average Bonchev–Trinajstić information content (AvgIpc) is 3.23. The van der Waals surface area contributed by atoms with Crippen LogP contribution in [0.2, 0.25) is 0 Å².